The Kier molecular flexibility index (Phi) is 6.96. The Hall–Kier alpha value is -0.790. The SMILES string of the molecule is CCC1(CC)CCN(C(=NC)NCc2nccn2C)C1.I. The van der Waals surface area contributed by atoms with E-state index in [1.54, 1.807) is 0 Å². The summed E-state index contributed by atoms with van der Waals surface area (Å²) >= 11 is 0. The maximum atomic E-state index is 4.43. The molecule has 1 aliphatic rings. The summed E-state index contributed by atoms with van der Waals surface area (Å²) in [7, 11) is 3.88. The maximum Gasteiger partial charge on any atom is 0.194 e. The number of aliphatic imine (C=N–C) groups is 1. The van der Waals surface area contributed by atoms with Crippen molar-refractivity contribution in [2.24, 2.45) is 17.5 Å². The van der Waals surface area contributed by atoms with E-state index in [-0.39, 0.29) is 24.0 Å². The van der Waals surface area contributed by atoms with Gasteiger partial charge in [-0.3, -0.25) is 4.99 Å². The fraction of sp³-hybridized carbons (Fsp3) is 0.733. The first-order chi connectivity index (χ1) is 9.64. The van der Waals surface area contributed by atoms with Crippen LogP contribution in [0.15, 0.2) is 17.4 Å². The van der Waals surface area contributed by atoms with Crippen molar-refractivity contribution < 1.29 is 0 Å². The number of likely N-dealkylation sites (tertiary alicyclic amines) is 1. The van der Waals surface area contributed by atoms with Crippen molar-refractivity contribution in [1.29, 1.82) is 0 Å². The van der Waals surface area contributed by atoms with Crippen LogP contribution in [-0.2, 0) is 13.6 Å². The topological polar surface area (TPSA) is 45.4 Å². The molecule has 1 aromatic rings. The Balaban J connectivity index is 0.00000220. The zero-order valence-electron chi connectivity index (χ0n) is 13.6. The number of imidazole rings is 1. The lowest BCUT2D eigenvalue weighted by Crippen LogP contribution is -2.41. The third-order valence-corrected chi connectivity index (χ3v) is 4.78. The molecule has 0 saturated carbocycles. The Morgan fingerprint density at radius 3 is 2.62 bits per heavy atom. The van der Waals surface area contributed by atoms with Crippen LogP contribution in [-0.4, -0.2) is 40.5 Å². The van der Waals surface area contributed by atoms with E-state index >= 15 is 0 Å². The summed E-state index contributed by atoms with van der Waals surface area (Å²) in [5, 5.41) is 3.43. The van der Waals surface area contributed by atoms with Crippen LogP contribution in [0.25, 0.3) is 0 Å². The molecule has 1 saturated heterocycles. The molecule has 0 unspecified atom stereocenters. The lowest BCUT2D eigenvalue weighted by atomic mass is 9.82. The maximum absolute atomic E-state index is 4.43. The van der Waals surface area contributed by atoms with E-state index in [0.717, 1.165) is 31.4 Å². The highest BCUT2D eigenvalue weighted by Crippen LogP contribution is 2.36. The Morgan fingerprint density at radius 1 is 1.43 bits per heavy atom. The van der Waals surface area contributed by atoms with Gasteiger partial charge in [-0.2, -0.15) is 0 Å². The molecular weight excluding hydrogens is 377 g/mol. The second-order valence-corrected chi connectivity index (χ2v) is 5.73. The zero-order valence-corrected chi connectivity index (χ0v) is 15.9. The molecule has 1 aliphatic heterocycles. The van der Waals surface area contributed by atoms with E-state index in [4.69, 9.17) is 0 Å². The summed E-state index contributed by atoms with van der Waals surface area (Å²) in [5.74, 6) is 2.03. The molecule has 1 fully saturated rings. The highest BCUT2D eigenvalue weighted by atomic mass is 127. The lowest BCUT2D eigenvalue weighted by molar-refractivity contribution is 0.276. The number of nitrogens with zero attached hydrogens (tertiary/aromatic N) is 4. The summed E-state index contributed by atoms with van der Waals surface area (Å²) in [6.45, 7) is 7.54. The number of guanidine groups is 1. The molecule has 21 heavy (non-hydrogen) atoms. The first-order valence-electron chi connectivity index (χ1n) is 7.56. The van der Waals surface area contributed by atoms with Gasteiger partial charge < -0.3 is 14.8 Å². The molecular formula is C15H28IN5. The summed E-state index contributed by atoms with van der Waals surface area (Å²) in [4.78, 5) is 11.1. The Bertz CT molecular complexity index is 464. The van der Waals surface area contributed by atoms with Gasteiger partial charge >= 0.3 is 0 Å². The normalized spacial score (nSPS) is 17.7. The van der Waals surface area contributed by atoms with Crippen molar-refractivity contribution in [3.8, 4) is 0 Å². The van der Waals surface area contributed by atoms with Crippen molar-refractivity contribution >= 4 is 29.9 Å². The minimum absolute atomic E-state index is 0. The van der Waals surface area contributed by atoms with E-state index in [1.165, 1.54) is 19.3 Å². The number of rotatable bonds is 4. The quantitative estimate of drug-likeness (QED) is 0.476. The number of halogens is 1. The van der Waals surface area contributed by atoms with Crippen molar-refractivity contribution in [3.63, 3.8) is 0 Å². The zero-order chi connectivity index (χ0) is 14.6. The Morgan fingerprint density at radius 2 is 2.14 bits per heavy atom. The van der Waals surface area contributed by atoms with Crippen LogP contribution >= 0.6 is 24.0 Å². The summed E-state index contributed by atoms with van der Waals surface area (Å²) in [5.41, 5.74) is 0.473. The number of hydrogen-bond donors (Lipinski definition) is 1. The molecule has 0 aromatic carbocycles. The van der Waals surface area contributed by atoms with Gasteiger partial charge in [0.25, 0.3) is 0 Å². The fourth-order valence-corrected chi connectivity index (χ4v) is 3.00. The molecule has 0 amide bonds. The van der Waals surface area contributed by atoms with Gasteiger partial charge in [-0.05, 0) is 24.7 Å². The molecule has 0 spiro atoms. The van der Waals surface area contributed by atoms with Gasteiger partial charge in [-0.15, -0.1) is 24.0 Å². The third kappa shape index (κ3) is 4.11. The summed E-state index contributed by atoms with van der Waals surface area (Å²) in [6, 6.07) is 0. The van der Waals surface area contributed by atoms with Crippen LogP contribution in [0.4, 0.5) is 0 Å². The van der Waals surface area contributed by atoms with E-state index in [1.807, 2.05) is 31.1 Å². The van der Waals surface area contributed by atoms with Gasteiger partial charge in [0.05, 0.1) is 6.54 Å². The van der Waals surface area contributed by atoms with Gasteiger partial charge in [0.15, 0.2) is 5.96 Å². The van der Waals surface area contributed by atoms with Gasteiger partial charge in [-0.1, -0.05) is 13.8 Å². The minimum Gasteiger partial charge on any atom is -0.349 e. The van der Waals surface area contributed by atoms with E-state index < -0.39 is 0 Å². The van der Waals surface area contributed by atoms with Crippen molar-refractivity contribution in [2.75, 3.05) is 20.1 Å². The van der Waals surface area contributed by atoms with Gasteiger partial charge in [-0.25, -0.2) is 4.98 Å². The summed E-state index contributed by atoms with van der Waals surface area (Å²) < 4.78 is 2.03. The minimum atomic E-state index is 0. The van der Waals surface area contributed by atoms with E-state index in [9.17, 15) is 0 Å². The predicted octanol–water partition coefficient (Wildman–Crippen LogP) is 2.63. The summed E-state index contributed by atoms with van der Waals surface area (Å²) in [6.07, 6.45) is 7.56. The molecule has 5 nitrogen and oxygen atoms in total. The van der Waals surface area contributed by atoms with Crippen LogP contribution in [0.3, 0.4) is 0 Å². The van der Waals surface area contributed by atoms with Crippen molar-refractivity contribution in [1.82, 2.24) is 19.8 Å². The first-order valence-corrected chi connectivity index (χ1v) is 7.56. The molecule has 1 aromatic heterocycles. The Labute approximate surface area is 145 Å². The second-order valence-electron chi connectivity index (χ2n) is 5.73. The van der Waals surface area contributed by atoms with Gasteiger partial charge in [0.1, 0.15) is 5.82 Å². The van der Waals surface area contributed by atoms with Crippen molar-refractivity contribution in [2.45, 2.75) is 39.7 Å². The standard InChI is InChI=1S/C15H27N5.HI/c1-5-15(6-2)7-9-20(12-15)14(16-3)18-11-13-17-8-10-19(13)4;/h8,10H,5-7,9,11-12H2,1-4H3,(H,16,18);1H. The van der Waals surface area contributed by atoms with Crippen molar-refractivity contribution in [3.05, 3.63) is 18.2 Å². The lowest BCUT2D eigenvalue weighted by Gasteiger charge is -2.27. The molecule has 2 heterocycles. The van der Waals surface area contributed by atoms with Gasteiger partial charge in [0.2, 0.25) is 0 Å². The van der Waals surface area contributed by atoms with Crippen LogP contribution in [0.2, 0.25) is 0 Å². The third-order valence-electron chi connectivity index (χ3n) is 4.78. The number of aryl methyl sites for hydroxylation is 1. The monoisotopic (exact) mass is 405 g/mol. The molecule has 0 aliphatic carbocycles. The molecule has 120 valence electrons. The number of nitrogens with one attached hydrogen (secondary N) is 1. The molecule has 0 atom stereocenters. The number of aromatic nitrogens is 2. The van der Waals surface area contributed by atoms with Crippen LogP contribution in [0, 0.1) is 5.41 Å². The van der Waals surface area contributed by atoms with E-state index in [0.29, 0.717) is 5.41 Å². The average Bonchev–Trinajstić information content (AvgIpc) is 3.07. The van der Waals surface area contributed by atoms with Crippen LogP contribution < -0.4 is 5.32 Å². The second kappa shape index (κ2) is 8.00. The molecule has 6 heteroatoms. The highest BCUT2D eigenvalue weighted by Gasteiger charge is 2.36. The largest absolute Gasteiger partial charge is 0.349 e. The number of hydrogen-bond acceptors (Lipinski definition) is 2. The fourth-order valence-electron chi connectivity index (χ4n) is 3.00. The smallest absolute Gasteiger partial charge is 0.194 e. The molecule has 0 bridgehead atoms. The van der Waals surface area contributed by atoms with E-state index in [2.05, 4.69) is 34.0 Å². The first kappa shape index (κ1) is 18.3. The highest BCUT2D eigenvalue weighted by molar-refractivity contribution is 14.0. The average molecular weight is 405 g/mol. The van der Waals surface area contributed by atoms with Gasteiger partial charge in [0, 0.05) is 39.6 Å². The molecule has 2 rings (SSSR count). The van der Waals surface area contributed by atoms with Crippen LogP contribution in [0.1, 0.15) is 38.9 Å². The predicted molar refractivity (Wildman–Crippen MR) is 98.0 cm³/mol. The van der Waals surface area contributed by atoms with Crippen LogP contribution in [0.5, 0.6) is 0 Å². The molecule has 1 N–H and O–H groups in total. The molecule has 0 radical (unpaired) electrons.